The maximum Gasteiger partial charge on any atom is 0.0192 e. The molecule has 2 nitrogen and oxygen atoms in total. The van der Waals surface area contributed by atoms with Gasteiger partial charge in [-0.1, -0.05) is 26.2 Å². The zero-order valence-electron chi connectivity index (χ0n) is 8.94. The number of hydrogen-bond acceptors (Lipinski definition) is 2. The minimum atomic E-state index is 0.746. The van der Waals surface area contributed by atoms with Gasteiger partial charge in [-0.3, -0.25) is 0 Å². The van der Waals surface area contributed by atoms with E-state index in [-0.39, 0.29) is 0 Å². The summed E-state index contributed by atoms with van der Waals surface area (Å²) >= 11 is 0. The predicted octanol–water partition coefficient (Wildman–Crippen LogP) is 1.91. The Labute approximate surface area is 82.5 Å². The molecule has 0 aromatic heterocycles. The molecule has 1 atom stereocenters. The lowest BCUT2D eigenvalue weighted by Crippen LogP contribution is -2.41. The minimum Gasteiger partial charge on any atom is -0.315 e. The first-order valence-electron chi connectivity index (χ1n) is 5.87. The van der Waals surface area contributed by atoms with Crippen molar-refractivity contribution in [2.45, 2.75) is 51.5 Å². The molecule has 1 saturated heterocycles. The summed E-state index contributed by atoms with van der Waals surface area (Å²) in [6.07, 6.45) is 8.17. The van der Waals surface area contributed by atoms with E-state index in [9.17, 15) is 0 Å². The highest BCUT2D eigenvalue weighted by atomic mass is 15.0. The molecule has 0 aromatic rings. The third-order valence-corrected chi connectivity index (χ3v) is 2.76. The summed E-state index contributed by atoms with van der Waals surface area (Å²) in [5, 5.41) is 7.07. The number of hydrogen-bond donors (Lipinski definition) is 2. The second-order valence-corrected chi connectivity index (χ2v) is 4.06. The first-order chi connectivity index (χ1) is 6.43. The van der Waals surface area contributed by atoms with Gasteiger partial charge in [0, 0.05) is 12.6 Å². The largest absolute Gasteiger partial charge is 0.315 e. The number of rotatable bonds is 6. The average molecular weight is 184 g/mol. The maximum absolute atomic E-state index is 3.55. The highest BCUT2D eigenvalue weighted by Gasteiger charge is 2.10. The number of piperidine rings is 1. The summed E-state index contributed by atoms with van der Waals surface area (Å²) in [5.41, 5.74) is 0. The highest BCUT2D eigenvalue weighted by molar-refractivity contribution is 4.73. The van der Waals surface area contributed by atoms with Crippen LogP contribution in [0.15, 0.2) is 0 Å². The first kappa shape index (κ1) is 11.0. The van der Waals surface area contributed by atoms with Crippen molar-refractivity contribution < 1.29 is 0 Å². The van der Waals surface area contributed by atoms with Gasteiger partial charge in [0.2, 0.25) is 0 Å². The Morgan fingerprint density at radius 3 is 2.92 bits per heavy atom. The lowest BCUT2D eigenvalue weighted by molar-refractivity contribution is 0.382. The fourth-order valence-electron chi connectivity index (χ4n) is 1.87. The summed E-state index contributed by atoms with van der Waals surface area (Å²) in [6.45, 7) is 5.85. The average Bonchev–Trinajstić information content (AvgIpc) is 2.19. The van der Waals surface area contributed by atoms with E-state index in [0.29, 0.717) is 0 Å². The van der Waals surface area contributed by atoms with Gasteiger partial charge >= 0.3 is 0 Å². The lowest BCUT2D eigenvalue weighted by atomic mass is 10.1. The third kappa shape index (κ3) is 5.27. The molecular weight excluding hydrogens is 160 g/mol. The summed E-state index contributed by atoms with van der Waals surface area (Å²) < 4.78 is 0. The monoisotopic (exact) mass is 184 g/mol. The molecule has 78 valence electrons. The molecule has 1 unspecified atom stereocenters. The van der Waals surface area contributed by atoms with Crippen LogP contribution >= 0.6 is 0 Å². The number of nitrogens with one attached hydrogen (secondary N) is 2. The Balaban J connectivity index is 1.86. The van der Waals surface area contributed by atoms with Gasteiger partial charge in [-0.05, 0) is 32.4 Å². The molecule has 1 fully saturated rings. The molecule has 0 amide bonds. The Hall–Kier alpha value is -0.0800. The van der Waals surface area contributed by atoms with E-state index in [4.69, 9.17) is 0 Å². The second kappa shape index (κ2) is 7.34. The molecule has 2 N–H and O–H groups in total. The summed E-state index contributed by atoms with van der Waals surface area (Å²) in [5.74, 6) is 0. The van der Waals surface area contributed by atoms with Crippen LogP contribution in [0.4, 0.5) is 0 Å². The van der Waals surface area contributed by atoms with Gasteiger partial charge in [-0.15, -0.1) is 0 Å². The summed E-state index contributed by atoms with van der Waals surface area (Å²) in [6, 6.07) is 0.746. The predicted molar refractivity (Wildman–Crippen MR) is 58.0 cm³/mol. The van der Waals surface area contributed by atoms with Crippen molar-refractivity contribution >= 4 is 0 Å². The third-order valence-electron chi connectivity index (χ3n) is 2.76. The highest BCUT2D eigenvalue weighted by Crippen LogP contribution is 2.05. The van der Waals surface area contributed by atoms with Crippen LogP contribution in [0.25, 0.3) is 0 Å². The van der Waals surface area contributed by atoms with Crippen molar-refractivity contribution in [1.29, 1.82) is 0 Å². The molecule has 13 heavy (non-hydrogen) atoms. The molecule has 1 aliphatic rings. The fraction of sp³-hybridized carbons (Fsp3) is 1.00. The fourth-order valence-corrected chi connectivity index (χ4v) is 1.87. The normalized spacial score (nSPS) is 23.3. The molecule has 0 spiro atoms. The van der Waals surface area contributed by atoms with Crippen LogP contribution in [0.3, 0.4) is 0 Å². The zero-order valence-corrected chi connectivity index (χ0v) is 8.94. The Bertz CT molecular complexity index is 109. The van der Waals surface area contributed by atoms with Crippen molar-refractivity contribution in [3.63, 3.8) is 0 Å². The van der Waals surface area contributed by atoms with Crippen molar-refractivity contribution in [2.75, 3.05) is 19.6 Å². The zero-order chi connectivity index (χ0) is 9.36. The Morgan fingerprint density at radius 1 is 1.31 bits per heavy atom. The van der Waals surface area contributed by atoms with Crippen LogP contribution in [0.5, 0.6) is 0 Å². The van der Waals surface area contributed by atoms with Crippen molar-refractivity contribution in [3.05, 3.63) is 0 Å². The van der Waals surface area contributed by atoms with Crippen molar-refractivity contribution in [2.24, 2.45) is 0 Å². The van der Waals surface area contributed by atoms with E-state index in [0.717, 1.165) is 6.04 Å². The first-order valence-corrected chi connectivity index (χ1v) is 5.87. The Morgan fingerprint density at radius 2 is 2.23 bits per heavy atom. The van der Waals surface area contributed by atoms with Crippen LogP contribution in [0, 0.1) is 0 Å². The van der Waals surface area contributed by atoms with Crippen LogP contribution in [0.2, 0.25) is 0 Å². The van der Waals surface area contributed by atoms with Gasteiger partial charge in [-0.2, -0.15) is 0 Å². The quantitative estimate of drug-likeness (QED) is 0.616. The van der Waals surface area contributed by atoms with E-state index in [1.807, 2.05) is 0 Å². The lowest BCUT2D eigenvalue weighted by Gasteiger charge is -2.23. The second-order valence-electron chi connectivity index (χ2n) is 4.06. The minimum absolute atomic E-state index is 0.746. The molecule has 0 aliphatic carbocycles. The molecule has 1 aliphatic heterocycles. The topological polar surface area (TPSA) is 24.1 Å². The summed E-state index contributed by atoms with van der Waals surface area (Å²) in [7, 11) is 0. The molecule has 0 aromatic carbocycles. The van der Waals surface area contributed by atoms with E-state index in [1.165, 1.54) is 58.2 Å². The maximum atomic E-state index is 3.55. The molecule has 2 heteroatoms. The standard InChI is InChI=1S/C11H24N2/c1-2-3-5-8-12-10-11-7-4-6-9-13-11/h11-13H,2-10H2,1H3. The van der Waals surface area contributed by atoms with Crippen molar-refractivity contribution in [1.82, 2.24) is 10.6 Å². The smallest absolute Gasteiger partial charge is 0.0192 e. The van der Waals surface area contributed by atoms with Crippen LogP contribution < -0.4 is 10.6 Å². The van der Waals surface area contributed by atoms with Gasteiger partial charge < -0.3 is 10.6 Å². The van der Waals surface area contributed by atoms with Gasteiger partial charge in [0.25, 0.3) is 0 Å². The van der Waals surface area contributed by atoms with Gasteiger partial charge in [0.1, 0.15) is 0 Å². The van der Waals surface area contributed by atoms with Crippen LogP contribution in [0.1, 0.15) is 45.4 Å². The Kier molecular flexibility index (Phi) is 6.21. The number of unbranched alkanes of at least 4 members (excludes halogenated alkanes) is 2. The van der Waals surface area contributed by atoms with Gasteiger partial charge in [0.05, 0.1) is 0 Å². The van der Waals surface area contributed by atoms with E-state index in [2.05, 4.69) is 17.6 Å². The molecular formula is C11H24N2. The molecule has 1 heterocycles. The molecule has 0 bridgehead atoms. The van der Waals surface area contributed by atoms with Gasteiger partial charge in [-0.25, -0.2) is 0 Å². The molecule has 1 rings (SSSR count). The van der Waals surface area contributed by atoms with Crippen molar-refractivity contribution in [3.8, 4) is 0 Å². The van der Waals surface area contributed by atoms with Crippen LogP contribution in [-0.2, 0) is 0 Å². The van der Waals surface area contributed by atoms with Gasteiger partial charge in [0.15, 0.2) is 0 Å². The van der Waals surface area contributed by atoms with E-state index >= 15 is 0 Å². The van der Waals surface area contributed by atoms with Crippen LogP contribution in [-0.4, -0.2) is 25.7 Å². The SMILES string of the molecule is CCCCCNCC1CCCCN1. The van der Waals surface area contributed by atoms with E-state index < -0.39 is 0 Å². The molecule has 0 saturated carbocycles. The molecule has 0 radical (unpaired) electrons. The van der Waals surface area contributed by atoms with E-state index in [1.54, 1.807) is 0 Å². The summed E-state index contributed by atoms with van der Waals surface area (Å²) in [4.78, 5) is 0.